The van der Waals surface area contributed by atoms with Crippen molar-refractivity contribution in [2.75, 3.05) is 36.8 Å². The van der Waals surface area contributed by atoms with E-state index in [0.717, 1.165) is 44.1 Å². The van der Waals surface area contributed by atoms with Crippen LogP contribution in [0.3, 0.4) is 0 Å². The van der Waals surface area contributed by atoms with Gasteiger partial charge < -0.3 is 20.3 Å². The van der Waals surface area contributed by atoms with E-state index in [1.165, 1.54) is 0 Å². The fraction of sp³-hybridized carbons (Fsp3) is 0.667. The number of alkyl halides is 2. The minimum Gasteiger partial charge on any atom is -0.435 e. The number of piperidine rings is 1. The average Bonchev–Trinajstić information content (AvgIpc) is 2.67. The molecule has 0 amide bonds. The highest BCUT2D eigenvalue weighted by Gasteiger charge is 2.22. The molecule has 1 aliphatic heterocycles. The molecular weight excluding hydrogens is 410 g/mol. The van der Waals surface area contributed by atoms with E-state index >= 15 is 0 Å². The fourth-order valence-corrected chi connectivity index (χ4v) is 4.10. The van der Waals surface area contributed by atoms with Crippen molar-refractivity contribution in [3.05, 3.63) is 24.3 Å². The van der Waals surface area contributed by atoms with Gasteiger partial charge in [-0.2, -0.15) is 8.78 Å². The zero-order valence-electron chi connectivity index (χ0n) is 18.3. The van der Waals surface area contributed by atoms with E-state index in [9.17, 15) is 13.0 Å². The zero-order chi connectivity index (χ0) is 22.1. The maximum atomic E-state index is 12.3. The van der Waals surface area contributed by atoms with Crippen LogP contribution in [0.5, 0.6) is 5.75 Å². The number of ether oxygens (including phenoxy) is 1. The second-order valence-corrected chi connectivity index (χ2v) is 10.5. The Kier molecular flexibility index (Phi) is 9.33. The van der Waals surface area contributed by atoms with Gasteiger partial charge in [-0.3, -0.25) is 9.20 Å². The molecule has 0 saturated carbocycles. The molecule has 2 atom stereocenters. The van der Waals surface area contributed by atoms with E-state index in [2.05, 4.69) is 25.3 Å². The van der Waals surface area contributed by atoms with Crippen molar-refractivity contribution in [2.24, 2.45) is 4.99 Å². The topological polar surface area (TPSA) is 66.0 Å². The first kappa shape index (κ1) is 24.4. The van der Waals surface area contributed by atoms with E-state index in [0.29, 0.717) is 12.3 Å². The van der Waals surface area contributed by atoms with Crippen LogP contribution in [0.1, 0.15) is 40.5 Å². The Morgan fingerprint density at radius 1 is 1.33 bits per heavy atom. The van der Waals surface area contributed by atoms with Gasteiger partial charge in [0.05, 0.1) is 6.54 Å². The second kappa shape index (κ2) is 11.5. The predicted octanol–water partition coefficient (Wildman–Crippen LogP) is 3.36. The highest BCUT2D eigenvalue weighted by atomic mass is 32.2. The van der Waals surface area contributed by atoms with Crippen LogP contribution >= 0.6 is 0 Å². The van der Waals surface area contributed by atoms with Gasteiger partial charge in [0.15, 0.2) is 5.96 Å². The van der Waals surface area contributed by atoms with Crippen molar-refractivity contribution >= 4 is 22.4 Å². The quantitative estimate of drug-likeness (QED) is 0.476. The standard InChI is InChI=1S/C21H34F2N4O2S/c1-5-24-20(25-12-14-30(28)21(2,3)4)26-16-7-6-13-27(15-16)17-8-10-18(11-9-17)29-19(22)23/h8-11,16,19H,5-7,12-15H2,1-4H3,(H2,24,25,26). The molecule has 0 bridgehead atoms. The molecule has 0 spiro atoms. The van der Waals surface area contributed by atoms with Crippen molar-refractivity contribution < 1.29 is 17.7 Å². The number of guanidine groups is 1. The van der Waals surface area contributed by atoms with Crippen molar-refractivity contribution in [3.63, 3.8) is 0 Å². The first-order valence-corrected chi connectivity index (χ1v) is 11.7. The Bertz CT molecular complexity index is 708. The van der Waals surface area contributed by atoms with Gasteiger partial charge in [-0.05, 0) is 64.8 Å². The van der Waals surface area contributed by atoms with E-state index in [1.54, 1.807) is 24.3 Å². The highest BCUT2D eigenvalue weighted by molar-refractivity contribution is 7.86. The number of hydrogen-bond acceptors (Lipinski definition) is 4. The van der Waals surface area contributed by atoms with Crippen molar-refractivity contribution in [1.29, 1.82) is 0 Å². The highest BCUT2D eigenvalue weighted by Crippen LogP contribution is 2.23. The minimum atomic E-state index is -2.82. The molecule has 1 saturated heterocycles. The van der Waals surface area contributed by atoms with E-state index in [1.807, 2.05) is 27.7 Å². The SMILES string of the molecule is CCNC(=NCCS(=O)C(C)(C)C)NC1CCCN(c2ccc(OC(F)F)cc2)C1. The lowest BCUT2D eigenvalue weighted by Gasteiger charge is -2.35. The molecule has 1 aromatic carbocycles. The van der Waals surface area contributed by atoms with Crippen LogP contribution in [0, 0.1) is 0 Å². The van der Waals surface area contributed by atoms with Gasteiger partial charge in [0, 0.05) is 52.7 Å². The third-order valence-corrected chi connectivity index (χ3v) is 6.68. The number of rotatable bonds is 8. The number of aliphatic imine (C=N–C) groups is 1. The first-order chi connectivity index (χ1) is 14.2. The number of nitrogens with one attached hydrogen (secondary N) is 2. The summed E-state index contributed by atoms with van der Waals surface area (Å²) in [7, 11) is -0.929. The molecule has 1 aliphatic rings. The van der Waals surface area contributed by atoms with Gasteiger partial charge in [0.2, 0.25) is 0 Å². The summed E-state index contributed by atoms with van der Waals surface area (Å²) in [5, 5.41) is 6.74. The van der Waals surface area contributed by atoms with Crippen molar-refractivity contribution in [2.45, 2.75) is 57.9 Å². The van der Waals surface area contributed by atoms with Crippen LogP contribution < -0.4 is 20.3 Å². The number of nitrogens with zero attached hydrogens (tertiary/aromatic N) is 2. The normalized spacial score (nSPS) is 19.0. The van der Waals surface area contributed by atoms with Gasteiger partial charge in [0.25, 0.3) is 0 Å². The third-order valence-electron chi connectivity index (χ3n) is 4.76. The molecule has 2 unspecified atom stereocenters. The molecule has 0 radical (unpaired) electrons. The molecule has 1 heterocycles. The molecule has 30 heavy (non-hydrogen) atoms. The molecule has 1 aromatic rings. The van der Waals surface area contributed by atoms with Crippen LogP contribution in [-0.4, -0.2) is 59.5 Å². The summed E-state index contributed by atoms with van der Waals surface area (Å²) in [4.78, 5) is 6.82. The third kappa shape index (κ3) is 8.08. The minimum absolute atomic E-state index is 0.162. The molecule has 0 aromatic heterocycles. The Morgan fingerprint density at radius 3 is 2.63 bits per heavy atom. The van der Waals surface area contributed by atoms with Crippen LogP contribution in [0.25, 0.3) is 0 Å². The Labute approximate surface area is 180 Å². The lowest BCUT2D eigenvalue weighted by Crippen LogP contribution is -2.51. The van der Waals surface area contributed by atoms with Crippen LogP contribution in [0.2, 0.25) is 0 Å². The summed E-state index contributed by atoms with van der Waals surface area (Å²) in [6, 6.07) is 6.96. The lowest BCUT2D eigenvalue weighted by atomic mass is 10.0. The van der Waals surface area contributed by atoms with Gasteiger partial charge in [-0.25, -0.2) is 0 Å². The molecule has 1 fully saturated rings. The summed E-state index contributed by atoms with van der Waals surface area (Å²) >= 11 is 0. The molecule has 9 heteroatoms. The molecule has 6 nitrogen and oxygen atoms in total. The van der Waals surface area contributed by atoms with Crippen LogP contribution in [0.4, 0.5) is 14.5 Å². The van der Waals surface area contributed by atoms with E-state index < -0.39 is 17.4 Å². The smallest absolute Gasteiger partial charge is 0.387 e. The molecule has 2 rings (SSSR count). The number of anilines is 1. The fourth-order valence-electron chi connectivity index (χ4n) is 3.23. The maximum absolute atomic E-state index is 12.3. The second-order valence-electron chi connectivity index (χ2n) is 8.22. The predicted molar refractivity (Wildman–Crippen MR) is 120 cm³/mol. The number of benzene rings is 1. The summed E-state index contributed by atoms with van der Waals surface area (Å²) in [6.45, 7) is 8.05. The number of halogens is 2. The molecular formula is C21H34F2N4O2S. The zero-order valence-corrected chi connectivity index (χ0v) is 19.1. The molecule has 2 N–H and O–H groups in total. The van der Waals surface area contributed by atoms with Crippen LogP contribution in [0.15, 0.2) is 29.3 Å². The Morgan fingerprint density at radius 2 is 2.03 bits per heavy atom. The van der Waals surface area contributed by atoms with E-state index in [4.69, 9.17) is 0 Å². The van der Waals surface area contributed by atoms with Crippen LogP contribution in [-0.2, 0) is 10.8 Å². The van der Waals surface area contributed by atoms with Gasteiger partial charge >= 0.3 is 6.61 Å². The van der Waals surface area contributed by atoms with Crippen molar-refractivity contribution in [1.82, 2.24) is 10.6 Å². The van der Waals surface area contributed by atoms with Gasteiger partial charge in [-0.1, -0.05) is 0 Å². The summed E-state index contributed by atoms with van der Waals surface area (Å²) in [6.07, 6.45) is 2.03. The Balaban J connectivity index is 1.93. The summed E-state index contributed by atoms with van der Waals surface area (Å²) in [5.41, 5.74) is 0.977. The lowest BCUT2D eigenvalue weighted by molar-refractivity contribution is -0.0498. The summed E-state index contributed by atoms with van der Waals surface area (Å²) < 4.78 is 41.1. The average molecular weight is 445 g/mol. The Hall–Kier alpha value is -1.90. The van der Waals surface area contributed by atoms with Gasteiger partial charge in [-0.15, -0.1) is 0 Å². The monoisotopic (exact) mass is 444 g/mol. The summed E-state index contributed by atoms with van der Waals surface area (Å²) in [5.74, 6) is 1.43. The van der Waals surface area contributed by atoms with Crippen molar-refractivity contribution in [3.8, 4) is 5.75 Å². The molecule has 0 aliphatic carbocycles. The number of hydrogen-bond donors (Lipinski definition) is 2. The molecule has 170 valence electrons. The van der Waals surface area contributed by atoms with Gasteiger partial charge in [0.1, 0.15) is 5.75 Å². The largest absolute Gasteiger partial charge is 0.435 e. The maximum Gasteiger partial charge on any atom is 0.387 e. The first-order valence-electron chi connectivity index (χ1n) is 10.4. The van der Waals surface area contributed by atoms with E-state index in [-0.39, 0.29) is 16.5 Å².